The van der Waals surface area contributed by atoms with Gasteiger partial charge < -0.3 is 15.5 Å². The van der Waals surface area contributed by atoms with Crippen LogP contribution >= 0.6 is 11.3 Å². The van der Waals surface area contributed by atoms with Crippen molar-refractivity contribution in [3.05, 3.63) is 53.9 Å². The number of aromatic nitrogens is 4. The molecular formula is C20H20FN5O2S. The van der Waals surface area contributed by atoms with E-state index in [2.05, 4.69) is 15.3 Å². The Hall–Kier alpha value is -2.88. The van der Waals surface area contributed by atoms with Gasteiger partial charge in [0.25, 0.3) is 0 Å². The van der Waals surface area contributed by atoms with Crippen molar-refractivity contribution in [1.82, 2.24) is 19.4 Å². The van der Waals surface area contributed by atoms with Gasteiger partial charge in [-0.3, -0.25) is 4.40 Å². The summed E-state index contributed by atoms with van der Waals surface area (Å²) in [5.74, 6) is -0.0172. The third-order valence-electron chi connectivity index (χ3n) is 4.94. The first-order valence-corrected chi connectivity index (χ1v) is 10.0. The number of anilines is 1. The van der Waals surface area contributed by atoms with Gasteiger partial charge in [0, 0.05) is 23.3 Å². The standard InChI is InChI=1S/C20H20FN5O2S/c1-2-20(11-27,12-28)25-18-22-8-7-15(23-18)17-16(13-3-5-14(21)6-4-13)24-19-26(17)9-10-29-19/h3-10,27-28H,2,11-12H2,1H3,(H,22,23,25). The number of fused-ring (bicyclic) bond motifs is 1. The topological polar surface area (TPSA) is 95.6 Å². The quantitative estimate of drug-likeness (QED) is 0.431. The molecule has 0 amide bonds. The minimum atomic E-state index is -0.909. The molecule has 7 nitrogen and oxygen atoms in total. The molecule has 1 aromatic carbocycles. The highest BCUT2D eigenvalue weighted by Gasteiger charge is 2.28. The van der Waals surface area contributed by atoms with E-state index in [0.717, 1.165) is 16.2 Å². The average molecular weight is 413 g/mol. The fourth-order valence-electron chi connectivity index (χ4n) is 3.07. The van der Waals surface area contributed by atoms with Crippen LogP contribution in [-0.4, -0.2) is 48.3 Å². The van der Waals surface area contributed by atoms with Crippen LogP contribution in [0.15, 0.2) is 48.1 Å². The number of rotatable bonds is 7. The molecule has 0 aliphatic rings. The monoisotopic (exact) mass is 413 g/mol. The van der Waals surface area contributed by atoms with Gasteiger partial charge in [0.2, 0.25) is 5.95 Å². The molecule has 29 heavy (non-hydrogen) atoms. The maximum absolute atomic E-state index is 13.4. The van der Waals surface area contributed by atoms with Crippen molar-refractivity contribution in [3.8, 4) is 22.6 Å². The lowest BCUT2D eigenvalue weighted by atomic mass is 9.99. The number of benzene rings is 1. The molecule has 9 heteroatoms. The van der Waals surface area contributed by atoms with Crippen molar-refractivity contribution < 1.29 is 14.6 Å². The van der Waals surface area contributed by atoms with Gasteiger partial charge in [0.15, 0.2) is 4.96 Å². The zero-order chi connectivity index (χ0) is 20.4. The molecule has 3 aromatic heterocycles. The molecule has 0 spiro atoms. The number of halogens is 1. The van der Waals surface area contributed by atoms with E-state index >= 15 is 0 Å². The fourth-order valence-corrected chi connectivity index (χ4v) is 3.78. The van der Waals surface area contributed by atoms with Gasteiger partial charge in [0.05, 0.1) is 30.1 Å². The van der Waals surface area contributed by atoms with Gasteiger partial charge in [-0.25, -0.2) is 19.3 Å². The van der Waals surface area contributed by atoms with Crippen molar-refractivity contribution in [3.63, 3.8) is 0 Å². The van der Waals surface area contributed by atoms with Crippen LogP contribution in [-0.2, 0) is 0 Å². The van der Waals surface area contributed by atoms with E-state index in [1.807, 2.05) is 22.9 Å². The molecule has 0 saturated carbocycles. The number of thiazole rings is 1. The minimum absolute atomic E-state index is 0.254. The SMILES string of the molecule is CCC(CO)(CO)Nc1nccc(-c2c(-c3ccc(F)cc3)nc3sccn23)n1. The molecule has 0 fully saturated rings. The van der Waals surface area contributed by atoms with Gasteiger partial charge in [-0.1, -0.05) is 6.92 Å². The lowest BCUT2D eigenvalue weighted by Crippen LogP contribution is -2.45. The van der Waals surface area contributed by atoms with Crippen molar-refractivity contribution in [2.24, 2.45) is 0 Å². The highest BCUT2D eigenvalue weighted by molar-refractivity contribution is 7.15. The maximum atomic E-state index is 13.4. The number of nitrogens with zero attached hydrogens (tertiary/aromatic N) is 4. The van der Waals surface area contributed by atoms with Gasteiger partial charge in [0.1, 0.15) is 11.5 Å². The fraction of sp³-hybridized carbons (Fsp3) is 0.250. The molecule has 0 unspecified atom stereocenters. The van der Waals surface area contributed by atoms with Crippen LogP contribution < -0.4 is 5.32 Å². The molecule has 0 bridgehead atoms. The largest absolute Gasteiger partial charge is 0.394 e. The van der Waals surface area contributed by atoms with Gasteiger partial charge in [-0.05, 0) is 36.8 Å². The Morgan fingerprint density at radius 1 is 1.14 bits per heavy atom. The van der Waals surface area contributed by atoms with Gasteiger partial charge in [-0.2, -0.15) is 0 Å². The second-order valence-electron chi connectivity index (χ2n) is 6.71. The van der Waals surface area contributed by atoms with E-state index in [9.17, 15) is 14.6 Å². The number of hydrogen-bond donors (Lipinski definition) is 3. The summed E-state index contributed by atoms with van der Waals surface area (Å²) in [6.07, 6.45) is 4.01. The molecule has 3 N–H and O–H groups in total. The molecule has 0 radical (unpaired) electrons. The van der Waals surface area contributed by atoms with E-state index < -0.39 is 5.54 Å². The second-order valence-corrected chi connectivity index (χ2v) is 7.59. The summed E-state index contributed by atoms with van der Waals surface area (Å²) in [7, 11) is 0. The molecule has 0 aliphatic carbocycles. The third-order valence-corrected chi connectivity index (χ3v) is 5.69. The Morgan fingerprint density at radius 3 is 2.59 bits per heavy atom. The number of hydrogen-bond acceptors (Lipinski definition) is 7. The average Bonchev–Trinajstić information content (AvgIpc) is 3.34. The Bertz CT molecular complexity index is 1110. The molecular weight excluding hydrogens is 393 g/mol. The van der Waals surface area contributed by atoms with E-state index in [1.54, 1.807) is 24.4 Å². The molecule has 0 aliphatic heterocycles. The summed E-state index contributed by atoms with van der Waals surface area (Å²) < 4.78 is 15.3. The lowest BCUT2D eigenvalue weighted by molar-refractivity contribution is 0.132. The molecule has 0 atom stereocenters. The van der Waals surface area contributed by atoms with Crippen LogP contribution in [0.25, 0.3) is 27.6 Å². The summed E-state index contributed by atoms with van der Waals surface area (Å²) in [6, 6.07) is 7.94. The first-order chi connectivity index (χ1) is 14.1. The van der Waals surface area contributed by atoms with Crippen molar-refractivity contribution in [1.29, 1.82) is 0 Å². The molecule has 150 valence electrons. The maximum Gasteiger partial charge on any atom is 0.223 e. The van der Waals surface area contributed by atoms with E-state index in [0.29, 0.717) is 23.8 Å². The summed E-state index contributed by atoms with van der Waals surface area (Å²) in [4.78, 5) is 14.3. The second kappa shape index (κ2) is 7.86. The van der Waals surface area contributed by atoms with Crippen LogP contribution in [0.1, 0.15) is 13.3 Å². The van der Waals surface area contributed by atoms with Crippen LogP contribution in [0, 0.1) is 5.82 Å². The molecule has 4 aromatic rings. The smallest absolute Gasteiger partial charge is 0.223 e. The summed E-state index contributed by atoms with van der Waals surface area (Å²) in [6.45, 7) is 1.35. The highest BCUT2D eigenvalue weighted by Crippen LogP contribution is 2.33. The Kier molecular flexibility index (Phi) is 5.27. The zero-order valence-corrected chi connectivity index (χ0v) is 16.5. The van der Waals surface area contributed by atoms with E-state index in [1.165, 1.54) is 23.5 Å². The van der Waals surface area contributed by atoms with Gasteiger partial charge >= 0.3 is 0 Å². The number of aliphatic hydroxyl groups excluding tert-OH is 2. The summed E-state index contributed by atoms with van der Waals surface area (Å²) in [5.41, 5.74) is 1.93. The van der Waals surface area contributed by atoms with Crippen LogP contribution in [0.2, 0.25) is 0 Å². The predicted molar refractivity (Wildman–Crippen MR) is 110 cm³/mol. The first-order valence-electron chi connectivity index (χ1n) is 9.14. The van der Waals surface area contributed by atoms with Crippen molar-refractivity contribution >= 4 is 22.2 Å². The predicted octanol–water partition coefficient (Wildman–Crippen LogP) is 3.20. The number of nitrogens with one attached hydrogen (secondary N) is 1. The summed E-state index contributed by atoms with van der Waals surface area (Å²) >= 11 is 1.49. The number of imidazole rings is 1. The Morgan fingerprint density at radius 2 is 1.90 bits per heavy atom. The van der Waals surface area contributed by atoms with E-state index in [4.69, 9.17) is 4.98 Å². The third kappa shape index (κ3) is 3.59. The Balaban J connectivity index is 1.82. The molecule has 4 rings (SSSR count). The van der Waals surface area contributed by atoms with Crippen molar-refractivity contribution in [2.45, 2.75) is 18.9 Å². The number of aliphatic hydroxyl groups is 2. The van der Waals surface area contributed by atoms with Crippen LogP contribution in [0.4, 0.5) is 10.3 Å². The zero-order valence-electron chi connectivity index (χ0n) is 15.7. The molecule has 0 saturated heterocycles. The van der Waals surface area contributed by atoms with E-state index in [-0.39, 0.29) is 19.0 Å². The minimum Gasteiger partial charge on any atom is -0.394 e. The first kappa shape index (κ1) is 19.4. The lowest BCUT2D eigenvalue weighted by Gasteiger charge is -2.29. The van der Waals surface area contributed by atoms with Gasteiger partial charge in [-0.15, -0.1) is 11.3 Å². The highest BCUT2D eigenvalue weighted by atomic mass is 32.1. The van der Waals surface area contributed by atoms with Crippen molar-refractivity contribution in [2.75, 3.05) is 18.5 Å². The normalized spacial score (nSPS) is 11.9. The van der Waals surface area contributed by atoms with Crippen LogP contribution in [0.3, 0.4) is 0 Å². The Labute approximate surface area is 170 Å². The molecule has 3 heterocycles. The summed E-state index contributed by atoms with van der Waals surface area (Å²) in [5, 5.41) is 24.4. The van der Waals surface area contributed by atoms with Crippen LogP contribution in [0.5, 0.6) is 0 Å².